The SMILES string of the molecule is CC(NC(=O)c1ccc(C(=O)Nc2c(F)cccc2F)cc1)c1ccccc1. The lowest BCUT2D eigenvalue weighted by molar-refractivity contribution is 0.0938. The van der Waals surface area contributed by atoms with E-state index < -0.39 is 23.2 Å². The lowest BCUT2D eigenvalue weighted by Crippen LogP contribution is -2.26. The summed E-state index contributed by atoms with van der Waals surface area (Å²) in [4.78, 5) is 24.6. The molecule has 2 amide bonds. The van der Waals surface area contributed by atoms with Crippen molar-refractivity contribution >= 4 is 17.5 Å². The van der Waals surface area contributed by atoms with E-state index >= 15 is 0 Å². The van der Waals surface area contributed by atoms with Crippen LogP contribution in [0, 0.1) is 11.6 Å². The number of hydrogen-bond donors (Lipinski definition) is 2. The highest BCUT2D eigenvalue weighted by atomic mass is 19.1. The van der Waals surface area contributed by atoms with E-state index in [1.165, 1.54) is 30.3 Å². The molecule has 6 heteroatoms. The lowest BCUT2D eigenvalue weighted by atomic mass is 10.1. The van der Waals surface area contributed by atoms with E-state index in [-0.39, 0.29) is 17.5 Å². The van der Waals surface area contributed by atoms with Gasteiger partial charge in [0.25, 0.3) is 11.8 Å². The standard InChI is InChI=1S/C22H18F2N2O2/c1-14(15-6-3-2-4-7-15)25-21(27)16-10-12-17(13-11-16)22(28)26-20-18(23)8-5-9-19(20)24/h2-14H,1H3,(H,25,27)(H,26,28). The second-order valence-electron chi connectivity index (χ2n) is 6.23. The van der Waals surface area contributed by atoms with E-state index in [4.69, 9.17) is 0 Å². The topological polar surface area (TPSA) is 58.2 Å². The third-order valence-corrected chi connectivity index (χ3v) is 4.26. The minimum atomic E-state index is -0.862. The fourth-order valence-corrected chi connectivity index (χ4v) is 2.68. The third kappa shape index (κ3) is 4.40. The number of halogens is 2. The van der Waals surface area contributed by atoms with Crippen LogP contribution in [0.25, 0.3) is 0 Å². The second kappa shape index (κ2) is 8.43. The zero-order chi connectivity index (χ0) is 20.1. The summed E-state index contributed by atoms with van der Waals surface area (Å²) in [5, 5.41) is 5.08. The van der Waals surface area contributed by atoms with Crippen molar-refractivity contribution in [3.05, 3.63) is 101 Å². The van der Waals surface area contributed by atoms with Crippen molar-refractivity contribution in [2.45, 2.75) is 13.0 Å². The number of hydrogen-bond acceptors (Lipinski definition) is 2. The van der Waals surface area contributed by atoms with Crippen molar-refractivity contribution in [3.8, 4) is 0 Å². The first kappa shape index (κ1) is 19.2. The van der Waals surface area contributed by atoms with Gasteiger partial charge in [-0.3, -0.25) is 9.59 Å². The molecule has 2 N–H and O–H groups in total. The van der Waals surface area contributed by atoms with Crippen LogP contribution in [0.4, 0.5) is 14.5 Å². The molecule has 0 saturated heterocycles. The number of anilines is 1. The van der Waals surface area contributed by atoms with Gasteiger partial charge < -0.3 is 10.6 Å². The van der Waals surface area contributed by atoms with Crippen LogP contribution in [0.5, 0.6) is 0 Å². The van der Waals surface area contributed by atoms with Crippen LogP contribution in [0.3, 0.4) is 0 Å². The van der Waals surface area contributed by atoms with E-state index in [0.29, 0.717) is 5.56 Å². The van der Waals surface area contributed by atoms with Crippen molar-refractivity contribution in [3.63, 3.8) is 0 Å². The highest BCUT2D eigenvalue weighted by Gasteiger charge is 2.15. The Hall–Kier alpha value is -3.54. The number of nitrogens with one attached hydrogen (secondary N) is 2. The molecule has 4 nitrogen and oxygen atoms in total. The lowest BCUT2D eigenvalue weighted by Gasteiger charge is -2.14. The Morgan fingerprint density at radius 3 is 1.86 bits per heavy atom. The molecule has 1 atom stereocenters. The first-order chi connectivity index (χ1) is 13.5. The van der Waals surface area contributed by atoms with Crippen molar-refractivity contribution in [2.24, 2.45) is 0 Å². The van der Waals surface area contributed by atoms with Crippen molar-refractivity contribution < 1.29 is 18.4 Å². The summed E-state index contributed by atoms with van der Waals surface area (Å²) < 4.78 is 27.3. The molecule has 3 aromatic rings. The maximum Gasteiger partial charge on any atom is 0.255 e. The Bertz CT molecular complexity index is 969. The highest BCUT2D eigenvalue weighted by Crippen LogP contribution is 2.19. The zero-order valence-corrected chi connectivity index (χ0v) is 15.1. The smallest absolute Gasteiger partial charge is 0.255 e. The first-order valence-corrected chi connectivity index (χ1v) is 8.67. The molecule has 28 heavy (non-hydrogen) atoms. The molecular weight excluding hydrogens is 362 g/mol. The van der Waals surface area contributed by atoms with Crippen LogP contribution in [0.1, 0.15) is 39.2 Å². The molecule has 0 spiro atoms. The van der Waals surface area contributed by atoms with Gasteiger partial charge in [0.1, 0.15) is 17.3 Å². The van der Waals surface area contributed by atoms with Crippen LogP contribution < -0.4 is 10.6 Å². The molecule has 1 unspecified atom stereocenters. The number of carbonyl (C=O) groups excluding carboxylic acids is 2. The normalized spacial score (nSPS) is 11.5. The number of rotatable bonds is 5. The Morgan fingerprint density at radius 2 is 1.29 bits per heavy atom. The van der Waals surface area contributed by atoms with Crippen LogP contribution in [0.15, 0.2) is 72.8 Å². The predicted molar refractivity (Wildman–Crippen MR) is 103 cm³/mol. The molecular formula is C22H18F2N2O2. The van der Waals surface area contributed by atoms with E-state index in [1.54, 1.807) is 0 Å². The largest absolute Gasteiger partial charge is 0.346 e. The molecule has 0 bridgehead atoms. The number of carbonyl (C=O) groups is 2. The maximum absolute atomic E-state index is 13.7. The fourth-order valence-electron chi connectivity index (χ4n) is 2.68. The average Bonchev–Trinajstić information content (AvgIpc) is 2.71. The zero-order valence-electron chi connectivity index (χ0n) is 15.1. The fraction of sp³-hybridized carbons (Fsp3) is 0.0909. The molecule has 142 valence electrons. The van der Waals surface area contributed by atoms with Gasteiger partial charge in [0.15, 0.2) is 0 Å². The summed E-state index contributed by atoms with van der Waals surface area (Å²) in [6.45, 7) is 1.87. The maximum atomic E-state index is 13.7. The molecule has 0 heterocycles. The summed E-state index contributed by atoms with van der Waals surface area (Å²) in [6, 6.07) is 18.5. The summed E-state index contributed by atoms with van der Waals surface area (Å²) in [6.07, 6.45) is 0. The molecule has 0 aliphatic carbocycles. The Labute approximate surface area is 161 Å². The van der Waals surface area contributed by atoms with Gasteiger partial charge in [-0.15, -0.1) is 0 Å². The minimum absolute atomic E-state index is 0.176. The van der Waals surface area contributed by atoms with Gasteiger partial charge in [-0.05, 0) is 48.9 Å². The third-order valence-electron chi connectivity index (χ3n) is 4.26. The van der Waals surface area contributed by atoms with Gasteiger partial charge >= 0.3 is 0 Å². The highest BCUT2D eigenvalue weighted by molar-refractivity contribution is 6.05. The molecule has 0 saturated carbocycles. The monoisotopic (exact) mass is 380 g/mol. The van der Waals surface area contributed by atoms with Crippen LogP contribution in [0.2, 0.25) is 0 Å². The summed E-state index contributed by atoms with van der Waals surface area (Å²) in [5.74, 6) is -2.68. The van der Waals surface area contributed by atoms with E-state index in [0.717, 1.165) is 17.7 Å². The van der Waals surface area contributed by atoms with E-state index in [2.05, 4.69) is 10.6 Å². The summed E-state index contributed by atoms with van der Waals surface area (Å²) in [5.41, 5.74) is 1.01. The van der Waals surface area contributed by atoms with E-state index in [1.807, 2.05) is 37.3 Å². The van der Waals surface area contributed by atoms with Crippen LogP contribution >= 0.6 is 0 Å². The van der Waals surface area contributed by atoms with Crippen molar-refractivity contribution in [2.75, 3.05) is 5.32 Å². The minimum Gasteiger partial charge on any atom is -0.346 e. The molecule has 0 radical (unpaired) electrons. The Balaban J connectivity index is 1.67. The Morgan fingerprint density at radius 1 is 0.750 bits per heavy atom. The van der Waals surface area contributed by atoms with E-state index in [9.17, 15) is 18.4 Å². The van der Waals surface area contributed by atoms with Gasteiger partial charge in [-0.1, -0.05) is 36.4 Å². The van der Waals surface area contributed by atoms with Crippen molar-refractivity contribution in [1.29, 1.82) is 0 Å². The van der Waals surface area contributed by atoms with Crippen LogP contribution in [-0.2, 0) is 0 Å². The van der Waals surface area contributed by atoms with Gasteiger partial charge in [0.05, 0.1) is 6.04 Å². The molecule has 0 aromatic heterocycles. The number of benzene rings is 3. The molecule has 0 aliphatic rings. The molecule has 0 aliphatic heterocycles. The van der Waals surface area contributed by atoms with Gasteiger partial charge in [-0.25, -0.2) is 8.78 Å². The van der Waals surface area contributed by atoms with Crippen LogP contribution in [-0.4, -0.2) is 11.8 Å². The molecule has 0 fully saturated rings. The van der Waals surface area contributed by atoms with Crippen molar-refractivity contribution in [1.82, 2.24) is 5.32 Å². The van der Waals surface area contributed by atoms with Gasteiger partial charge in [0, 0.05) is 11.1 Å². The number of para-hydroxylation sites is 1. The molecule has 3 rings (SSSR count). The quantitative estimate of drug-likeness (QED) is 0.674. The molecule has 3 aromatic carbocycles. The van der Waals surface area contributed by atoms with Gasteiger partial charge in [-0.2, -0.15) is 0 Å². The van der Waals surface area contributed by atoms with Gasteiger partial charge in [0.2, 0.25) is 0 Å². The first-order valence-electron chi connectivity index (χ1n) is 8.67. The number of amides is 2. The summed E-state index contributed by atoms with van der Waals surface area (Å²) >= 11 is 0. The second-order valence-corrected chi connectivity index (χ2v) is 6.23. The Kier molecular flexibility index (Phi) is 5.79. The average molecular weight is 380 g/mol. The summed E-state index contributed by atoms with van der Waals surface area (Å²) in [7, 11) is 0. The predicted octanol–water partition coefficient (Wildman–Crippen LogP) is 4.71.